The predicted molar refractivity (Wildman–Crippen MR) is 127 cm³/mol. The summed E-state index contributed by atoms with van der Waals surface area (Å²) in [7, 11) is 7.16. The molecule has 198 valence electrons. The summed E-state index contributed by atoms with van der Waals surface area (Å²) in [6, 6.07) is 0.0789. The molecule has 8 heteroatoms. The van der Waals surface area contributed by atoms with Gasteiger partial charge in [-0.25, -0.2) is 0 Å². The maximum absolute atomic E-state index is 12.9. The average molecular weight is 494 g/mol. The number of esters is 1. The molecule has 5 saturated carbocycles. The van der Waals surface area contributed by atoms with Crippen LogP contribution >= 0.6 is 0 Å². The van der Waals surface area contributed by atoms with Crippen molar-refractivity contribution in [1.29, 1.82) is 0 Å². The molecule has 0 aromatic heterocycles. The number of hydrogen-bond donors (Lipinski definition) is 1. The van der Waals surface area contributed by atoms with Crippen molar-refractivity contribution >= 4 is 5.97 Å². The molecular formula is C27H43NO7. The van der Waals surface area contributed by atoms with Crippen LogP contribution in [0.3, 0.4) is 0 Å². The lowest BCUT2D eigenvalue weighted by Crippen LogP contribution is -2.76. The van der Waals surface area contributed by atoms with E-state index in [0.717, 1.165) is 32.4 Å². The Labute approximate surface area is 208 Å². The molecule has 0 amide bonds. The maximum atomic E-state index is 12.9. The van der Waals surface area contributed by atoms with Crippen molar-refractivity contribution in [2.24, 2.45) is 40.4 Å². The van der Waals surface area contributed by atoms with E-state index < -0.39 is 5.60 Å². The summed E-state index contributed by atoms with van der Waals surface area (Å²) < 4.78 is 30.8. The van der Waals surface area contributed by atoms with Crippen LogP contribution in [0.25, 0.3) is 0 Å². The molecule has 0 radical (unpaired) electrons. The molecule has 1 heterocycles. The lowest BCUT2D eigenvalue weighted by Gasteiger charge is -2.69. The van der Waals surface area contributed by atoms with E-state index in [4.69, 9.17) is 23.7 Å². The van der Waals surface area contributed by atoms with Crippen LogP contribution in [0.2, 0.25) is 0 Å². The monoisotopic (exact) mass is 493 g/mol. The highest BCUT2D eigenvalue weighted by Crippen LogP contribution is 2.79. The van der Waals surface area contributed by atoms with Crippen molar-refractivity contribution in [3.8, 4) is 0 Å². The largest absolute Gasteiger partial charge is 0.462 e. The Bertz CT molecular complexity index is 870. The number of ether oxygens (including phenoxy) is 5. The van der Waals surface area contributed by atoms with Gasteiger partial charge in [-0.05, 0) is 31.7 Å². The van der Waals surface area contributed by atoms with Gasteiger partial charge < -0.3 is 28.8 Å². The van der Waals surface area contributed by atoms with Gasteiger partial charge in [-0.1, -0.05) is 6.92 Å². The summed E-state index contributed by atoms with van der Waals surface area (Å²) in [5, 5.41) is 12.9. The smallest absolute Gasteiger partial charge is 0.302 e. The average Bonchev–Trinajstić information content (AvgIpc) is 3.27. The van der Waals surface area contributed by atoms with Crippen LogP contribution in [0.4, 0.5) is 0 Å². The van der Waals surface area contributed by atoms with E-state index in [1.165, 1.54) is 6.92 Å². The van der Waals surface area contributed by atoms with Gasteiger partial charge in [-0.3, -0.25) is 9.69 Å². The normalized spacial score (nSPS) is 55.7. The lowest BCUT2D eigenvalue weighted by molar-refractivity contribution is -0.277. The second kappa shape index (κ2) is 8.11. The van der Waals surface area contributed by atoms with E-state index in [-0.39, 0.29) is 76.8 Å². The molecule has 0 aromatic carbocycles. The van der Waals surface area contributed by atoms with Crippen molar-refractivity contribution in [2.75, 3.05) is 48.1 Å². The quantitative estimate of drug-likeness (QED) is 0.537. The Balaban J connectivity index is 1.64. The lowest BCUT2D eigenvalue weighted by atomic mass is 9.43. The first-order chi connectivity index (χ1) is 16.8. The number of nitrogens with zero attached hydrogens (tertiary/aromatic N) is 1. The zero-order chi connectivity index (χ0) is 24.9. The van der Waals surface area contributed by atoms with Crippen LogP contribution < -0.4 is 0 Å². The highest BCUT2D eigenvalue weighted by molar-refractivity contribution is 5.66. The van der Waals surface area contributed by atoms with Crippen LogP contribution in [0.1, 0.15) is 39.5 Å². The number of rotatable bonds is 7. The van der Waals surface area contributed by atoms with E-state index in [1.807, 2.05) is 7.11 Å². The van der Waals surface area contributed by atoms with E-state index in [9.17, 15) is 9.90 Å². The first-order valence-electron chi connectivity index (χ1n) is 13.5. The molecular weight excluding hydrogens is 450 g/mol. The maximum Gasteiger partial charge on any atom is 0.302 e. The van der Waals surface area contributed by atoms with E-state index in [2.05, 4.69) is 11.8 Å². The third-order valence-corrected chi connectivity index (χ3v) is 11.6. The fraction of sp³-hybridized carbons (Fsp3) is 0.963. The van der Waals surface area contributed by atoms with Gasteiger partial charge in [-0.2, -0.15) is 0 Å². The number of fused-ring (bicyclic) bond motifs is 2. The standard InChI is InChI=1S/C27H43NO7/c1-7-28-12-25(13-31-3)9-8-18(33-5)27-16-10-15-17(32-4)11-26(30,19(16)21(15)34-6)20(24(27)28)22(23(25)27)35-14(2)29/h15-24,30H,7-13H2,1-6H3. The van der Waals surface area contributed by atoms with Crippen LogP contribution in [0.15, 0.2) is 0 Å². The predicted octanol–water partition coefficient (Wildman–Crippen LogP) is 1.73. The number of hydrogen-bond acceptors (Lipinski definition) is 8. The fourth-order valence-corrected chi connectivity index (χ4v) is 11.3. The van der Waals surface area contributed by atoms with Gasteiger partial charge in [0.05, 0.1) is 30.5 Å². The minimum atomic E-state index is -1.04. The van der Waals surface area contributed by atoms with Gasteiger partial charge in [-0.15, -0.1) is 0 Å². The molecule has 1 saturated heterocycles. The first-order valence-corrected chi connectivity index (χ1v) is 13.5. The SMILES string of the molecule is CCN1CC2(COC)CCC(OC)C34C5CC6C(OC)CC(O)(C5C6OC)C(C(OC(C)=O)C23)C14. The zero-order valence-corrected chi connectivity index (χ0v) is 22.1. The second-order valence-corrected chi connectivity index (χ2v) is 12.3. The third kappa shape index (κ3) is 2.72. The molecule has 0 aromatic rings. The summed E-state index contributed by atoms with van der Waals surface area (Å²) in [5.74, 6) is -0.00516. The topological polar surface area (TPSA) is 86.7 Å². The van der Waals surface area contributed by atoms with Crippen molar-refractivity contribution < 1.29 is 33.6 Å². The van der Waals surface area contributed by atoms with Crippen LogP contribution in [0.5, 0.6) is 0 Å². The van der Waals surface area contributed by atoms with E-state index in [1.54, 1.807) is 21.3 Å². The van der Waals surface area contributed by atoms with Gasteiger partial charge in [0.25, 0.3) is 0 Å². The number of aliphatic hydroxyl groups is 1. The van der Waals surface area contributed by atoms with Gasteiger partial charge in [0.1, 0.15) is 6.10 Å². The number of methoxy groups -OCH3 is 4. The highest BCUT2D eigenvalue weighted by Gasteiger charge is 2.87. The van der Waals surface area contributed by atoms with E-state index in [0.29, 0.717) is 13.0 Å². The molecule has 13 unspecified atom stereocenters. The first kappa shape index (κ1) is 24.6. The number of carbonyl (C=O) groups is 1. The Morgan fingerprint density at radius 1 is 1.09 bits per heavy atom. The Morgan fingerprint density at radius 3 is 2.46 bits per heavy atom. The molecule has 1 spiro atoms. The van der Waals surface area contributed by atoms with Crippen LogP contribution in [-0.2, 0) is 28.5 Å². The van der Waals surface area contributed by atoms with Crippen LogP contribution in [0, 0.1) is 40.4 Å². The second-order valence-electron chi connectivity index (χ2n) is 12.3. The number of likely N-dealkylation sites (tertiary alicyclic amines) is 1. The minimum Gasteiger partial charge on any atom is -0.462 e. The summed E-state index contributed by atoms with van der Waals surface area (Å²) in [4.78, 5) is 15.2. The molecule has 8 nitrogen and oxygen atoms in total. The van der Waals surface area contributed by atoms with Crippen molar-refractivity contribution in [3.63, 3.8) is 0 Å². The zero-order valence-electron chi connectivity index (χ0n) is 22.1. The third-order valence-electron chi connectivity index (χ3n) is 11.6. The molecule has 35 heavy (non-hydrogen) atoms. The Kier molecular flexibility index (Phi) is 5.69. The summed E-state index contributed by atoms with van der Waals surface area (Å²) >= 11 is 0. The molecule has 6 aliphatic rings. The number of carbonyl (C=O) groups excluding carboxylic acids is 1. The Hall–Kier alpha value is -0.770. The van der Waals surface area contributed by atoms with Crippen molar-refractivity contribution in [2.45, 2.75) is 75.6 Å². The van der Waals surface area contributed by atoms with Crippen LogP contribution in [-0.4, -0.2) is 100 Å². The summed E-state index contributed by atoms with van der Waals surface area (Å²) in [6.07, 6.45) is 2.92. The fourth-order valence-electron chi connectivity index (χ4n) is 11.3. The summed E-state index contributed by atoms with van der Waals surface area (Å²) in [6.45, 7) is 6.12. The van der Waals surface area contributed by atoms with Gasteiger partial charge >= 0.3 is 5.97 Å². The molecule has 6 rings (SSSR count). The van der Waals surface area contributed by atoms with Gasteiger partial charge in [0, 0.05) is 88.9 Å². The molecule has 13 atom stereocenters. The summed E-state index contributed by atoms with van der Waals surface area (Å²) in [5.41, 5.74) is -1.43. The van der Waals surface area contributed by atoms with E-state index >= 15 is 0 Å². The van der Waals surface area contributed by atoms with Crippen molar-refractivity contribution in [3.05, 3.63) is 0 Å². The molecule has 5 aliphatic carbocycles. The number of piperidine rings is 1. The van der Waals surface area contributed by atoms with Gasteiger partial charge in [0.2, 0.25) is 0 Å². The molecule has 1 aliphatic heterocycles. The van der Waals surface area contributed by atoms with Gasteiger partial charge in [0.15, 0.2) is 0 Å². The molecule has 6 fully saturated rings. The highest BCUT2D eigenvalue weighted by atomic mass is 16.5. The minimum absolute atomic E-state index is 0.0268. The molecule has 7 bridgehead atoms. The van der Waals surface area contributed by atoms with Crippen molar-refractivity contribution in [1.82, 2.24) is 4.90 Å². The Morgan fingerprint density at radius 2 is 1.86 bits per heavy atom. The molecule has 1 N–H and O–H groups in total.